The van der Waals surface area contributed by atoms with Gasteiger partial charge in [-0.15, -0.1) is 0 Å². The lowest BCUT2D eigenvalue weighted by Gasteiger charge is -2.18. The Morgan fingerprint density at radius 2 is 0.565 bits per heavy atom. The first-order valence-electron chi connectivity index (χ1n) is 29.8. The molecule has 0 aromatic rings. The molecule has 0 saturated heterocycles. The molecule has 0 fully saturated rings. The topological polar surface area (TPSA) is 78.9 Å². The van der Waals surface area contributed by atoms with Crippen LogP contribution in [0.3, 0.4) is 0 Å². The summed E-state index contributed by atoms with van der Waals surface area (Å²) in [6.45, 7) is 6.42. The monoisotopic (exact) mass is 965 g/mol. The smallest absolute Gasteiger partial charge is 0.306 e. The molecule has 0 aliphatic rings. The Hall–Kier alpha value is -2.89. The third-order valence-electron chi connectivity index (χ3n) is 13.0. The van der Waals surface area contributed by atoms with Crippen molar-refractivity contribution in [3.05, 3.63) is 60.8 Å². The van der Waals surface area contributed by atoms with Crippen LogP contribution in [0.2, 0.25) is 0 Å². The molecule has 1 unspecified atom stereocenters. The van der Waals surface area contributed by atoms with Crippen molar-refractivity contribution in [2.75, 3.05) is 13.2 Å². The highest BCUT2D eigenvalue weighted by Crippen LogP contribution is 2.17. The van der Waals surface area contributed by atoms with Gasteiger partial charge in [-0.25, -0.2) is 0 Å². The summed E-state index contributed by atoms with van der Waals surface area (Å²) in [6.07, 6.45) is 73.0. The summed E-state index contributed by atoms with van der Waals surface area (Å²) in [5.41, 5.74) is 0. The fraction of sp³-hybridized carbons (Fsp3) is 0.794. The van der Waals surface area contributed by atoms with Crippen molar-refractivity contribution in [3.63, 3.8) is 0 Å². The van der Waals surface area contributed by atoms with E-state index in [0.717, 1.165) is 83.5 Å². The van der Waals surface area contributed by atoms with E-state index in [1.54, 1.807) is 0 Å². The van der Waals surface area contributed by atoms with Crippen molar-refractivity contribution < 1.29 is 28.6 Å². The fourth-order valence-electron chi connectivity index (χ4n) is 8.60. The van der Waals surface area contributed by atoms with Gasteiger partial charge in [0.1, 0.15) is 13.2 Å². The minimum Gasteiger partial charge on any atom is -0.462 e. The molecule has 0 rings (SSSR count). The van der Waals surface area contributed by atoms with Crippen molar-refractivity contribution >= 4 is 17.9 Å². The summed E-state index contributed by atoms with van der Waals surface area (Å²) in [7, 11) is 0. The second-order valence-electron chi connectivity index (χ2n) is 19.9. The molecule has 0 aromatic carbocycles. The molecule has 0 aromatic heterocycles. The number of hydrogen-bond donors (Lipinski definition) is 0. The van der Waals surface area contributed by atoms with E-state index in [0.29, 0.717) is 19.3 Å². The zero-order valence-corrected chi connectivity index (χ0v) is 45.8. The SMILES string of the molecule is CC/C=C\C/C=C\C/C=C\C/C=C\C/C=C\CCCC(=O)OC(COC(=O)CCCCCCC)COC(=O)CCCCCCCCCCCCCCCCCCCCCCCCCCCCCCC. The zero-order valence-electron chi connectivity index (χ0n) is 45.8. The van der Waals surface area contributed by atoms with Gasteiger partial charge in [-0.3, -0.25) is 14.4 Å². The molecule has 0 N–H and O–H groups in total. The van der Waals surface area contributed by atoms with E-state index in [2.05, 4.69) is 81.5 Å². The number of hydrogen-bond acceptors (Lipinski definition) is 6. The molecule has 6 nitrogen and oxygen atoms in total. The van der Waals surface area contributed by atoms with Gasteiger partial charge in [0.15, 0.2) is 6.10 Å². The average Bonchev–Trinajstić information content (AvgIpc) is 3.35. The predicted molar refractivity (Wildman–Crippen MR) is 298 cm³/mol. The maximum Gasteiger partial charge on any atom is 0.306 e. The molecule has 0 heterocycles. The summed E-state index contributed by atoms with van der Waals surface area (Å²) < 4.78 is 16.7. The van der Waals surface area contributed by atoms with E-state index in [4.69, 9.17) is 14.2 Å². The van der Waals surface area contributed by atoms with Gasteiger partial charge in [-0.2, -0.15) is 0 Å². The van der Waals surface area contributed by atoms with Crippen LogP contribution in [0.4, 0.5) is 0 Å². The first-order chi connectivity index (χ1) is 34.0. The van der Waals surface area contributed by atoms with Crippen LogP contribution in [0.25, 0.3) is 0 Å². The third kappa shape index (κ3) is 55.9. The Balaban J connectivity index is 4.01. The summed E-state index contributed by atoms with van der Waals surface area (Å²) in [4.78, 5) is 37.7. The van der Waals surface area contributed by atoms with Crippen molar-refractivity contribution in [3.8, 4) is 0 Å². The van der Waals surface area contributed by atoms with Gasteiger partial charge in [0.2, 0.25) is 0 Å². The molecule has 0 amide bonds. The second kappa shape index (κ2) is 57.7. The van der Waals surface area contributed by atoms with E-state index in [1.165, 1.54) is 173 Å². The third-order valence-corrected chi connectivity index (χ3v) is 13.0. The van der Waals surface area contributed by atoms with Crippen LogP contribution in [-0.2, 0) is 28.6 Å². The molecular formula is C63H112O6. The van der Waals surface area contributed by atoms with Gasteiger partial charge in [0, 0.05) is 19.3 Å². The summed E-state index contributed by atoms with van der Waals surface area (Å²) in [5, 5.41) is 0. The van der Waals surface area contributed by atoms with Crippen LogP contribution in [0.15, 0.2) is 60.8 Å². The van der Waals surface area contributed by atoms with Gasteiger partial charge in [-0.05, 0) is 57.8 Å². The minimum atomic E-state index is -0.798. The van der Waals surface area contributed by atoms with Crippen LogP contribution >= 0.6 is 0 Å². The van der Waals surface area contributed by atoms with Crippen LogP contribution in [0.1, 0.15) is 303 Å². The highest BCUT2D eigenvalue weighted by molar-refractivity contribution is 5.71. The average molecular weight is 966 g/mol. The number of ether oxygens (including phenoxy) is 3. The van der Waals surface area contributed by atoms with Crippen LogP contribution < -0.4 is 0 Å². The quantitative estimate of drug-likeness (QED) is 0.0262. The van der Waals surface area contributed by atoms with E-state index in [1.807, 2.05) is 0 Å². The number of rotatable bonds is 54. The number of carbonyl (C=O) groups is 3. The Bertz CT molecular complexity index is 1250. The molecule has 0 bridgehead atoms. The highest BCUT2D eigenvalue weighted by Gasteiger charge is 2.19. The normalized spacial score (nSPS) is 12.4. The largest absolute Gasteiger partial charge is 0.462 e. The first kappa shape index (κ1) is 66.1. The number of esters is 3. The molecule has 0 saturated carbocycles. The van der Waals surface area contributed by atoms with E-state index in [-0.39, 0.29) is 37.5 Å². The summed E-state index contributed by atoms with van der Waals surface area (Å²) in [6, 6.07) is 0. The molecule has 0 spiro atoms. The minimum absolute atomic E-state index is 0.0946. The summed E-state index contributed by atoms with van der Waals surface area (Å²) in [5.74, 6) is -0.958. The zero-order chi connectivity index (χ0) is 50.0. The van der Waals surface area contributed by atoms with Crippen LogP contribution in [0.5, 0.6) is 0 Å². The second-order valence-corrected chi connectivity index (χ2v) is 19.9. The molecule has 69 heavy (non-hydrogen) atoms. The van der Waals surface area contributed by atoms with E-state index < -0.39 is 6.10 Å². The standard InChI is InChI=1S/C63H112O6/c1-4-7-10-13-15-17-19-21-23-25-26-27-28-29-30-31-32-33-34-35-36-38-39-41-43-45-47-50-53-56-62(65)68-59-60(58-67-61(64)55-52-49-12-9-6-3)69-63(66)57-54-51-48-46-44-42-40-37-24-22-20-18-16-14-11-8-5-2/h8,11,16,18,22,24,40,42,46,48,60H,4-7,9-10,12-15,17,19-21,23,25-39,41,43-45,47,49-59H2,1-3H3/b11-8-,18-16-,24-22-,42-40-,48-46-. The molecule has 1 atom stereocenters. The Kier molecular flexibility index (Phi) is 55.3. The maximum absolute atomic E-state index is 12.7. The lowest BCUT2D eigenvalue weighted by Crippen LogP contribution is -2.30. The van der Waals surface area contributed by atoms with Crippen LogP contribution in [-0.4, -0.2) is 37.2 Å². The number of unbranched alkanes of at least 4 members (excludes halogenated alkanes) is 33. The molecule has 0 radical (unpaired) electrons. The number of allylic oxidation sites excluding steroid dienone is 10. The van der Waals surface area contributed by atoms with Crippen molar-refractivity contribution in [2.24, 2.45) is 0 Å². The molecule has 0 aliphatic carbocycles. The van der Waals surface area contributed by atoms with Crippen molar-refractivity contribution in [2.45, 2.75) is 309 Å². The van der Waals surface area contributed by atoms with Gasteiger partial charge in [-0.1, -0.05) is 287 Å². The summed E-state index contributed by atoms with van der Waals surface area (Å²) >= 11 is 0. The number of carbonyl (C=O) groups excluding carboxylic acids is 3. The maximum atomic E-state index is 12.7. The fourth-order valence-corrected chi connectivity index (χ4v) is 8.60. The van der Waals surface area contributed by atoms with E-state index >= 15 is 0 Å². The molecular weight excluding hydrogens is 853 g/mol. The Labute approximate surface area is 428 Å². The van der Waals surface area contributed by atoms with E-state index in [9.17, 15) is 14.4 Å². The van der Waals surface area contributed by atoms with Gasteiger partial charge in [0.25, 0.3) is 0 Å². The van der Waals surface area contributed by atoms with Gasteiger partial charge < -0.3 is 14.2 Å². The molecule has 0 aliphatic heterocycles. The highest BCUT2D eigenvalue weighted by atomic mass is 16.6. The van der Waals surface area contributed by atoms with Gasteiger partial charge in [0.05, 0.1) is 0 Å². The van der Waals surface area contributed by atoms with Crippen molar-refractivity contribution in [1.29, 1.82) is 0 Å². The van der Waals surface area contributed by atoms with Crippen molar-refractivity contribution in [1.82, 2.24) is 0 Å². The Morgan fingerprint density at radius 3 is 0.870 bits per heavy atom. The molecule has 400 valence electrons. The van der Waals surface area contributed by atoms with Crippen LogP contribution in [0, 0.1) is 0 Å². The van der Waals surface area contributed by atoms with Gasteiger partial charge >= 0.3 is 17.9 Å². The molecule has 6 heteroatoms. The lowest BCUT2D eigenvalue weighted by molar-refractivity contribution is -0.167. The first-order valence-corrected chi connectivity index (χ1v) is 29.8. The lowest BCUT2D eigenvalue weighted by atomic mass is 10.0. The predicted octanol–water partition coefficient (Wildman–Crippen LogP) is 20.0. The Morgan fingerprint density at radius 1 is 0.304 bits per heavy atom.